The van der Waals surface area contributed by atoms with E-state index in [2.05, 4.69) is 42.6 Å². The first-order valence-corrected chi connectivity index (χ1v) is 11.8. The SMILES string of the molecule is Cc1nc(Sc2nnc(C3CC3)n2C2CC2)c2c(-c3cccs3)csc2n1. The summed E-state index contributed by atoms with van der Waals surface area (Å²) in [6, 6.07) is 4.84. The van der Waals surface area contributed by atoms with Gasteiger partial charge in [0.25, 0.3) is 0 Å². The number of aromatic nitrogens is 5. The first-order chi connectivity index (χ1) is 13.3. The Bertz CT molecular complexity index is 1140. The number of rotatable bonds is 5. The number of hydrogen-bond acceptors (Lipinski definition) is 7. The van der Waals surface area contributed by atoms with E-state index in [9.17, 15) is 0 Å². The molecule has 6 rings (SSSR count). The third-order valence-corrected chi connectivity index (χ3v) is 7.76. The molecule has 0 bridgehead atoms. The second-order valence-corrected chi connectivity index (χ2v) is 9.96. The molecule has 5 nitrogen and oxygen atoms in total. The van der Waals surface area contributed by atoms with Crippen molar-refractivity contribution in [3.05, 3.63) is 34.5 Å². The van der Waals surface area contributed by atoms with Crippen molar-refractivity contribution < 1.29 is 0 Å². The predicted molar refractivity (Wildman–Crippen MR) is 110 cm³/mol. The lowest BCUT2D eigenvalue weighted by Crippen LogP contribution is -2.02. The van der Waals surface area contributed by atoms with Crippen molar-refractivity contribution in [2.75, 3.05) is 0 Å². The zero-order chi connectivity index (χ0) is 18.0. The molecule has 0 aromatic carbocycles. The summed E-state index contributed by atoms with van der Waals surface area (Å²) < 4.78 is 2.39. The van der Waals surface area contributed by atoms with Crippen molar-refractivity contribution in [2.24, 2.45) is 0 Å². The molecule has 136 valence electrons. The first-order valence-electron chi connectivity index (χ1n) is 9.20. The topological polar surface area (TPSA) is 56.5 Å². The summed E-state index contributed by atoms with van der Waals surface area (Å²) in [4.78, 5) is 11.8. The number of thiophene rings is 2. The lowest BCUT2D eigenvalue weighted by molar-refractivity contribution is 0.626. The molecule has 4 aromatic heterocycles. The van der Waals surface area contributed by atoms with Gasteiger partial charge in [0, 0.05) is 27.8 Å². The molecule has 2 saturated carbocycles. The monoisotopic (exact) mass is 411 g/mol. The maximum absolute atomic E-state index is 4.81. The Labute approximate surface area is 168 Å². The lowest BCUT2D eigenvalue weighted by Gasteiger charge is -2.09. The molecule has 2 aliphatic carbocycles. The minimum absolute atomic E-state index is 0.579. The molecule has 0 radical (unpaired) electrons. The normalized spacial score (nSPS) is 17.1. The van der Waals surface area contributed by atoms with Crippen LogP contribution >= 0.6 is 34.4 Å². The molecule has 0 N–H and O–H groups in total. The van der Waals surface area contributed by atoms with Crippen LogP contribution in [0.5, 0.6) is 0 Å². The molecular formula is C19H17N5S3. The summed E-state index contributed by atoms with van der Waals surface area (Å²) in [5, 5.41) is 16.6. The summed E-state index contributed by atoms with van der Waals surface area (Å²) in [5.41, 5.74) is 1.23. The van der Waals surface area contributed by atoms with Crippen LogP contribution in [0, 0.1) is 6.92 Å². The van der Waals surface area contributed by atoms with Gasteiger partial charge in [0.2, 0.25) is 0 Å². The van der Waals surface area contributed by atoms with Gasteiger partial charge in [-0.2, -0.15) is 0 Å². The van der Waals surface area contributed by atoms with E-state index in [0.717, 1.165) is 26.2 Å². The van der Waals surface area contributed by atoms with Crippen LogP contribution in [-0.4, -0.2) is 24.7 Å². The fraction of sp³-hybridized carbons (Fsp3) is 0.368. The van der Waals surface area contributed by atoms with Crippen LogP contribution in [0.2, 0.25) is 0 Å². The highest BCUT2D eigenvalue weighted by Gasteiger charge is 2.36. The van der Waals surface area contributed by atoms with Crippen LogP contribution in [0.3, 0.4) is 0 Å². The quantitative estimate of drug-likeness (QED) is 0.395. The summed E-state index contributed by atoms with van der Waals surface area (Å²) in [6.45, 7) is 1.97. The van der Waals surface area contributed by atoms with Gasteiger partial charge in [0.05, 0.1) is 5.39 Å². The molecule has 0 amide bonds. The van der Waals surface area contributed by atoms with E-state index in [1.54, 1.807) is 34.4 Å². The van der Waals surface area contributed by atoms with Crippen LogP contribution < -0.4 is 0 Å². The molecule has 4 heterocycles. The second-order valence-electron chi connectivity index (χ2n) is 7.20. The van der Waals surface area contributed by atoms with Gasteiger partial charge in [-0.05, 0) is 55.8 Å². The predicted octanol–water partition coefficient (Wildman–Crippen LogP) is 5.68. The molecular weight excluding hydrogens is 394 g/mol. The summed E-state index contributed by atoms with van der Waals surface area (Å²) in [7, 11) is 0. The first kappa shape index (κ1) is 16.2. The average Bonchev–Trinajstić information content (AvgIpc) is 3.53. The van der Waals surface area contributed by atoms with Crippen LogP contribution in [-0.2, 0) is 0 Å². The maximum Gasteiger partial charge on any atom is 0.197 e. The number of nitrogens with zero attached hydrogens (tertiary/aromatic N) is 5. The van der Waals surface area contributed by atoms with Gasteiger partial charge in [-0.15, -0.1) is 32.9 Å². The Hall–Kier alpha value is -1.77. The van der Waals surface area contributed by atoms with Crippen molar-refractivity contribution in [2.45, 2.75) is 54.7 Å². The van der Waals surface area contributed by atoms with Gasteiger partial charge >= 0.3 is 0 Å². The summed E-state index contributed by atoms with van der Waals surface area (Å²) >= 11 is 5.11. The third-order valence-electron chi connectivity index (χ3n) is 5.03. The van der Waals surface area contributed by atoms with Gasteiger partial charge in [0.1, 0.15) is 21.5 Å². The molecule has 8 heteroatoms. The van der Waals surface area contributed by atoms with E-state index in [4.69, 9.17) is 4.98 Å². The Morgan fingerprint density at radius 2 is 2.00 bits per heavy atom. The minimum atomic E-state index is 0.579. The molecule has 0 atom stereocenters. The Morgan fingerprint density at radius 1 is 1.11 bits per heavy atom. The third kappa shape index (κ3) is 2.81. The molecule has 2 fully saturated rings. The highest BCUT2D eigenvalue weighted by atomic mass is 32.2. The molecule has 0 saturated heterocycles. The van der Waals surface area contributed by atoms with Crippen LogP contribution in [0.1, 0.15) is 49.3 Å². The summed E-state index contributed by atoms with van der Waals surface area (Å²) in [5.74, 6) is 2.61. The van der Waals surface area contributed by atoms with Crippen molar-refractivity contribution in [1.29, 1.82) is 0 Å². The van der Waals surface area contributed by atoms with Gasteiger partial charge in [0.15, 0.2) is 5.16 Å². The van der Waals surface area contributed by atoms with Crippen LogP contribution in [0.15, 0.2) is 33.1 Å². The van der Waals surface area contributed by atoms with Crippen molar-refractivity contribution in [3.63, 3.8) is 0 Å². The largest absolute Gasteiger partial charge is 0.302 e. The molecule has 0 aliphatic heterocycles. The zero-order valence-corrected chi connectivity index (χ0v) is 17.2. The molecule has 0 spiro atoms. The number of hydrogen-bond donors (Lipinski definition) is 0. The Kier molecular flexibility index (Phi) is 3.67. The van der Waals surface area contributed by atoms with Crippen molar-refractivity contribution in [1.82, 2.24) is 24.7 Å². The Balaban J connectivity index is 1.49. The highest BCUT2D eigenvalue weighted by molar-refractivity contribution is 7.99. The molecule has 2 aliphatic rings. The smallest absolute Gasteiger partial charge is 0.197 e. The second kappa shape index (κ2) is 6.12. The van der Waals surface area contributed by atoms with E-state index in [-0.39, 0.29) is 0 Å². The molecule has 0 unspecified atom stereocenters. The van der Waals surface area contributed by atoms with E-state index in [0.29, 0.717) is 12.0 Å². The number of fused-ring (bicyclic) bond motifs is 1. The minimum Gasteiger partial charge on any atom is -0.302 e. The highest BCUT2D eigenvalue weighted by Crippen LogP contribution is 2.48. The lowest BCUT2D eigenvalue weighted by atomic mass is 10.2. The van der Waals surface area contributed by atoms with E-state index in [1.165, 1.54) is 41.9 Å². The van der Waals surface area contributed by atoms with E-state index < -0.39 is 0 Å². The maximum atomic E-state index is 4.81. The molecule has 27 heavy (non-hydrogen) atoms. The standard InChI is InChI=1S/C19H17N5S3/c1-10-20-17-15(13(9-26-17)14-3-2-8-25-14)18(21-10)27-19-23-22-16(11-4-5-11)24(19)12-6-7-12/h2-3,8-9,11-12H,4-7H2,1H3. The van der Waals surface area contributed by atoms with Crippen molar-refractivity contribution >= 4 is 44.7 Å². The fourth-order valence-electron chi connectivity index (χ4n) is 3.44. The van der Waals surface area contributed by atoms with Gasteiger partial charge in [-0.1, -0.05) is 6.07 Å². The average molecular weight is 412 g/mol. The number of aryl methyl sites for hydroxylation is 1. The van der Waals surface area contributed by atoms with Crippen molar-refractivity contribution in [3.8, 4) is 10.4 Å². The van der Waals surface area contributed by atoms with Crippen LogP contribution in [0.25, 0.3) is 20.7 Å². The van der Waals surface area contributed by atoms with E-state index in [1.807, 2.05) is 6.92 Å². The fourth-order valence-corrected chi connectivity index (χ4v) is 6.39. The van der Waals surface area contributed by atoms with Crippen LogP contribution in [0.4, 0.5) is 0 Å². The Morgan fingerprint density at radius 3 is 2.74 bits per heavy atom. The van der Waals surface area contributed by atoms with Gasteiger partial charge in [-0.3, -0.25) is 0 Å². The van der Waals surface area contributed by atoms with Gasteiger partial charge in [-0.25, -0.2) is 9.97 Å². The van der Waals surface area contributed by atoms with E-state index >= 15 is 0 Å². The zero-order valence-electron chi connectivity index (χ0n) is 14.8. The van der Waals surface area contributed by atoms with Gasteiger partial charge < -0.3 is 4.57 Å². The summed E-state index contributed by atoms with van der Waals surface area (Å²) in [6.07, 6.45) is 4.98. The molecule has 4 aromatic rings.